The SMILES string of the molecule is CCc1cnc(N2CC3C(COc4ccc(-c5cccnc5)nc4)C3C2)nc1. The van der Waals surface area contributed by atoms with Gasteiger partial charge in [0.2, 0.25) is 5.95 Å². The van der Waals surface area contributed by atoms with Gasteiger partial charge in [0, 0.05) is 49.4 Å². The van der Waals surface area contributed by atoms with Crippen molar-refractivity contribution in [2.24, 2.45) is 17.8 Å². The highest BCUT2D eigenvalue weighted by molar-refractivity contribution is 5.57. The topological polar surface area (TPSA) is 64.0 Å². The number of piperidine rings is 1. The van der Waals surface area contributed by atoms with E-state index in [9.17, 15) is 0 Å². The summed E-state index contributed by atoms with van der Waals surface area (Å²) in [5.41, 5.74) is 3.11. The van der Waals surface area contributed by atoms with E-state index in [1.165, 1.54) is 5.56 Å². The molecular formula is C22H23N5O. The van der Waals surface area contributed by atoms with Crippen molar-refractivity contribution in [1.29, 1.82) is 0 Å². The Morgan fingerprint density at radius 3 is 2.46 bits per heavy atom. The zero-order valence-electron chi connectivity index (χ0n) is 15.9. The van der Waals surface area contributed by atoms with Gasteiger partial charge in [0.05, 0.1) is 18.5 Å². The van der Waals surface area contributed by atoms with E-state index in [0.29, 0.717) is 17.8 Å². The highest BCUT2D eigenvalue weighted by atomic mass is 16.5. The monoisotopic (exact) mass is 373 g/mol. The summed E-state index contributed by atoms with van der Waals surface area (Å²) < 4.78 is 6.00. The van der Waals surface area contributed by atoms with Gasteiger partial charge in [-0.05, 0) is 48.1 Å². The fraction of sp³-hybridized carbons (Fsp3) is 0.364. The van der Waals surface area contributed by atoms with Crippen molar-refractivity contribution in [3.05, 3.63) is 60.8 Å². The number of rotatable bonds is 6. The third kappa shape index (κ3) is 3.30. The number of hydrogen-bond donors (Lipinski definition) is 0. The number of nitrogens with zero attached hydrogens (tertiary/aromatic N) is 5. The Morgan fingerprint density at radius 2 is 1.82 bits per heavy atom. The lowest BCUT2D eigenvalue weighted by atomic mass is 10.2. The van der Waals surface area contributed by atoms with Crippen molar-refractivity contribution in [1.82, 2.24) is 19.9 Å². The molecule has 2 atom stereocenters. The lowest BCUT2D eigenvalue weighted by molar-refractivity contribution is 0.282. The maximum atomic E-state index is 6.00. The Bertz CT molecular complexity index is 917. The van der Waals surface area contributed by atoms with Crippen LogP contribution in [-0.4, -0.2) is 39.6 Å². The predicted octanol–water partition coefficient (Wildman–Crippen LogP) is 3.26. The highest BCUT2D eigenvalue weighted by Crippen LogP contribution is 2.52. The maximum Gasteiger partial charge on any atom is 0.225 e. The number of ether oxygens (including phenoxy) is 1. The molecule has 1 saturated heterocycles. The number of fused-ring (bicyclic) bond motifs is 1. The lowest BCUT2D eigenvalue weighted by Gasteiger charge is -2.19. The van der Waals surface area contributed by atoms with Crippen molar-refractivity contribution < 1.29 is 4.74 Å². The molecule has 0 radical (unpaired) electrons. The fourth-order valence-corrected chi connectivity index (χ4v) is 4.10. The zero-order chi connectivity index (χ0) is 18.9. The maximum absolute atomic E-state index is 6.00. The van der Waals surface area contributed by atoms with E-state index in [-0.39, 0.29) is 0 Å². The number of hydrogen-bond acceptors (Lipinski definition) is 6. The van der Waals surface area contributed by atoms with Gasteiger partial charge in [-0.15, -0.1) is 0 Å². The van der Waals surface area contributed by atoms with E-state index in [2.05, 4.69) is 31.8 Å². The first kappa shape index (κ1) is 17.1. The van der Waals surface area contributed by atoms with Gasteiger partial charge in [-0.1, -0.05) is 6.92 Å². The summed E-state index contributed by atoms with van der Waals surface area (Å²) in [7, 11) is 0. The van der Waals surface area contributed by atoms with Gasteiger partial charge in [-0.3, -0.25) is 9.97 Å². The van der Waals surface area contributed by atoms with E-state index >= 15 is 0 Å². The molecule has 1 aliphatic carbocycles. The second-order valence-corrected chi connectivity index (χ2v) is 7.57. The molecule has 28 heavy (non-hydrogen) atoms. The Morgan fingerprint density at radius 1 is 1.00 bits per heavy atom. The molecule has 2 unspecified atom stereocenters. The van der Waals surface area contributed by atoms with Crippen LogP contribution < -0.4 is 9.64 Å². The third-order valence-electron chi connectivity index (χ3n) is 5.89. The second-order valence-electron chi connectivity index (χ2n) is 7.57. The van der Waals surface area contributed by atoms with Crippen molar-refractivity contribution >= 4 is 5.95 Å². The minimum atomic E-state index is 0.629. The van der Waals surface area contributed by atoms with Gasteiger partial charge in [-0.25, -0.2) is 9.97 Å². The van der Waals surface area contributed by atoms with Gasteiger partial charge in [0.1, 0.15) is 5.75 Å². The average Bonchev–Trinajstić information content (AvgIpc) is 3.22. The van der Waals surface area contributed by atoms with Gasteiger partial charge >= 0.3 is 0 Å². The lowest BCUT2D eigenvalue weighted by Crippen LogP contribution is -2.27. The van der Waals surface area contributed by atoms with Crippen LogP contribution in [0.15, 0.2) is 55.2 Å². The summed E-state index contributed by atoms with van der Waals surface area (Å²) in [6.45, 7) is 4.94. The van der Waals surface area contributed by atoms with Crippen molar-refractivity contribution in [3.63, 3.8) is 0 Å². The molecule has 3 aromatic heterocycles. The Hall–Kier alpha value is -3.02. The van der Waals surface area contributed by atoms with E-state index in [0.717, 1.165) is 49.1 Å². The van der Waals surface area contributed by atoms with Gasteiger partial charge < -0.3 is 9.64 Å². The van der Waals surface area contributed by atoms with Gasteiger partial charge in [0.25, 0.3) is 0 Å². The molecule has 4 heterocycles. The van der Waals surface area contributed by atoms with Crippen LogP contribution in [0.2, 0.25) is 0 Å². The first-order chi connectivity index (χ1) is 13.8. The molecule has 0 bridgehead atoms. The summed E-state index contributed by atoms with van der Waals surface area (Å²) >= 11 is 0. The van der Waals surface area contributed by atoms with Crippen molar-refractivity contribution in [3.8, 4) is 17.0 Å². The van der Waals surface area contributed by atoms with Crippen LogP contribution >= 0.6 is 0 Å². The van der Waals surface area contributed by atoms with Crippen LogP contribution in [0.5, 0.6) is 5.75 Å². The van der Waals surface area contributed by atoms with Crippen LogP contribution in [0.4, 0.5) is 5.95 Å². The Labute approximate surface area is 164 Å². The van der Waals surface area contributed by atoms with Crippen LogP contribution in [0.1, 0.15) is 12.5 Å². The number of anilines is 1. The fourth-order valence-electron chi connectivity index (χ4n) is 4.10. The smallest absolute Gasteiger partial charge is 0.225 e. The van der Waals surface area contributed by atoms with E-state index in [1.807, 2.05) is 42.9 Å². The summed E-state index contributed by atoms with van der Waals surface area (Å²) in [6.07, 6.45) is 10.2. The summed E-state index contributed by atoms with van der Waals surface area (Å²) in [5, 5.41) is 0. The number of pyridine rings is 2. The molecule has 1 saturated carbocycles. The molecule has 0 aromatic carbocycles. The minimum Gasteiger partial charge on any atom is -0.492 e. The second kappa shape index (κ2) is 7.19. The molecule has 0 amide bonds. The standard InChI is InChI=1S/C22H23N5O/c1-2-15-8-25-22(26-9-15)27-12-18-19(13-27)20(18)14-28-17-5-6-21(24-11-17)16-4-3-7-23-10-16/h3-11,18-20H,2,12-14H2,1H3. The molecule has 5 rings (SSSR count). The van der Waals surface area contributed by atoms with Crippen LogP contribution in [-0.2, 0) is 6.42 Å². The van der Waals surface area contributed by atoms with E-state index in [4.69, 9.17) is 4.74 Å². The van der Waals surface area contributed by atoms with Gasteiger partial charge in [-0.2, -0.15) is 0 Å². The first-order valence-electron chi connectivity index (χ1n) is 9.87. The van der Waals surface area contributed by atoms with Crippen molar-refractivity contribution in [2.75, 3.05) is 24.6 Å². The highest BCUT2D eigenvalue weighted by Gasteiger charge is 2.56. The molecule has 0 N–H and O–H groups in total. The number of aromatic nitrogens is 4. The van der Waals surface area contributed by atoms with E-state index in [1.54, 1.807) is 12.4 Å². The van der Waals surface area contributed by atoms with Crippen LogP contribution in [0.3, 0.4) is 0 Å². The van der Waals surface area contributed by atoms with Crippen LogP contribution in [0.25, 0.3) is 11.3 Å². The third-order valence-corrected chi connectivity index (χ3v) is 5.89. The quantitative estimate of drug-likeness (QED) is 0.661. The van der Waals surface area contributed by atoms with E-state index < -0.39 is 0 Å². The largest absolute Gasteiger partial charge is 0.492 e. The molecular weight excluding hydrogens is 350 g/mol. The summed E-state index contributed by atoms with van der Waals surface area (Å²) in [5.74, 6) is 3.70. The first-order valence-corrected chi connectivity index (χ1v) is 9.87. The molecule has 1 aliphatic heterocycles. The molecule has 2 aliphatic rings. The molecule has 6 heteroatoms. The normalized spacial score (nSPS) is 22.8. The minimum absolute atomic E-state index is 0.629. The van der Waals surface area contributed by atoms with Gasteiger partial charge in [0.15, 0.2) is 0 Å². The Balaban J connectivity index is 1.13. The van der Waals surface area contributed by atoms with Crippen molar-refractivity contribution in [2.45, 2.75) is 13.3 Å². The molecule has 142 valence electrons. The van der Waals surface area contributed by atoms with Crippen LogP contribution in [0, 0.1) is 17.8 Å². The molecule has 6 nitrogen and oxygen atoms in total. The summed E-state index contributed by atoms with van der Waals surface area (Å²) in [4.78, 5) is 20.0. The summed E-state index contributed by atoms with van der Waals surface area (Å²) in [6, 6.07) is 7.90. The molecule has 0 spiro atoms. The zero-order valence-corrected chi connectivity index (χ0v) is 15.9. The molecule has 2 fully saturated rings. The number of aryl methyl sites for hydroxylation is 1. The predicted molar refractivity (Wildman–Crippen MR) is 107 cm³/mol. The average molecular weight is 373 g/mol. The Kier molecular flexibility index (Phi) is 4.39. The molecule has 3 aromatic rings.